The van der Waals surface area contributed by atoms with E-state index in [9.17, 15) is 9.50 Å². The third kappa shape index (κ3) is 4.84. The summed E-state index contributed by atoms with van der Waals surface area (Å²) in [7, 11) is 1.99. The molecule has 0 saturated heterocycles. The van der Waals surface area contributed by atoms with Gasteiger partial charge in [0.1, 0.15) is 19.0 Å². The highest BCUT2D eigenvalue weighted by molar-refractivity contribution is 5.79. The number of hydrogen-bond donors (Lipinski definition) is 1. The van der Waals surface area contributed by atoms with E-state index in [4.69, 9.17) is 4.74 Å². The Morgan fingerprint density at radius 2 is 1.88 bits per heavy atom. The number of aromatic nitrogens is 1. The van der Waals surface area contributed by atoms with E-state index < -0.39 is 12.8 Å². The first kappa shape index (κ1) is 18.4. The van der Waals surface area contributed by atoms with Crippen LogP contribution in [0.3, 0.4) is 0 Å². The van der Waals surface area contributed by atoms with Crippen LogP contribution in [0.25, 0.3) is 10.9 Å². The number of likely N-dealkylation sites (N-methyl/N-ethyl adjacent to an activating group) is 1. The van der Waals surface area contributed by atoms with E-state index in [1.165, 1.54) is 5.39 Å². The second kappa shape index (κ2) is 8.83. The van der Waals surface area contributed by atoms with Crippen molar-refractivity contribution in [3.05, 3.63) is 66.4 Å². The van der Waals surface area contributed by atoms with Gasteiger partial charge >= 0.3 is 0 Å². The lowest BCUT2D eigenvalue weighted by Crippen LogP contribution is -2.31. The molecule has 138 valence electrons. The van der Waals surface area contributed by atoms with Crippen molar-refractivity contribution >= 4 is 10.9 Å². The minimum atomic E-state index is -0.487. The summed E-state index contributed by atoms with van der Waals surface area (Å²) in [6, 6.07) is 17.9. The molecule has 0 aliphatic carbocycles. The Morgan fingerprint density at radius 3 is 2.65 bits per heavy atom. The van der Waals surface area contributed by atoms with Crippen LogP contribution in [0.5, 0.6) is 5.75 Å². The summed E-state index contributed by atoms with van der Waals surface area (Å²) < 4.78 is 19.4. The highest BCUT2D eigenvalue weighted by Gasteiger charge is 2.11. The molecule has 0 aliphatic rings. The Balaban J connectivity index is 1.51. The lowest BCUT2D eigenvalue weighted by Gasteiger charge is -2.21. The topological polar surface area (TPSA) is 37.6 Å². The van der Waals surface area contributed by atoms with Gasteiger partial charge in [0.15, 0.2) is 0 Å². The molecule has 0 radical (unpaired) electrons. The molecule has 4 nitrogen and oxygen atoms in total. The van der Waals surface area contributed by atoms with Gasteiger partial charge in [-0.05, 0) is 42.3 Å². The summed E-state index contributed by atoms with van der Waals surface area (Å²) in [5, 5.41) is 11.6. The zero-order valence-corrected chi connectivity index (χ0v) is 15.0. The van der Waals surface area contributed by atoms with Gasteiger partial charge < -0.3 is 14.4 Å². The molecule has 3 rings (SSSR count). The molecule has 1 atom stereocenters. The number of alkyl halides is 1. The first-order valence-electron chi connectivity index (χ1n) is 8.84. The first-order valence-corrected chi connectivity index (χ1v) is 8.84. The number of hydrogen-bond acceptors (Lipinski definition) is 3. The number of halogens is 1. The predicted octanol–water partition coefficient (Wildman–Crippen LogP) is 3.48. The van der Waals surface area contributed by atoms with Crippen molar-refractivity contribution in [3.8, 4) is 5.75 Å². The highest BCUT2D eigenvalue weighted by Crippen LogP contribution is 2.16. The average Bonchev–Trinajstić information content (AvgIpc) is 3.04. The molecule has 0 amide bonds. The smallest absolute Gasteiger partial charge is 0.123 e. The Labute approximate surface area is 153 Å². The van der Waals surface area contributed by atoms with Gasteiger partial charge in [-0.1, -0.05) is 30.3 Å². The van der Waals surface area contributed by atoms with Crippen molar-refractivity contribution < 1.29 is 14.2 Å². The quantitative estimate of drug-likeness (QED) is 0.638. The number of ether oxygens (including phenoxy) is 1. The molecule has 3 aromatic rings. The van der Waals surface area contributed by atoms with Gasteiger partial charge in [-0.25, -0.2) is 4.39 Å². The average molecular weight is 356 g/mol. The molecule has 1 N–H and O–H groups in total. The van der Waals surface area contributed by atoms with Gasteiger partial charge in [0, 0.05) is 31.3 Å². The summed E-state index contributed by atoms with van der Waals surface area (Å²) in [5.41, 5.74) is 2.26. The Kier molecular flexibility index (Phi) is 6.26. The van der Waals surface area contributed by atoms with Gasteiger partial charge in [-0.15, -0.1) is 0 Å². The van der Waals surface area contributed by atoms with E-state index in [-0.39, 0.29) is 6.61 Å². The molecule has 0 bridgehead atoms. The van der Waals surface area contributed by atoms with Crippen LogP contribution in [0.2, 0.25) is 0 Å². The molecule has 5 heteroatoms. The molecule has 0 aliphatic heterocycles. The second-order valence-electron chi connectivity index (χ2n) is 6.56. The fraction of sp³-hybridized carbons (Fsp3) is 0.333. The Bertz CT molecular complexity index is 816. The van der Waals surface area contributed by atoms with Crippen molar-refractivity contribution in [2.75, 3.05) is 26.9 Å². The van der Waals surface area contributed by atoms with Crippen LogP contribution < -0.4 is 4.74 Å². The number of rotatable bonds is 9. The maximum absolute atomic E-state index is 12.1. The van der Waals surface area contributed by atoms with E-state index in [2.05, 4.69) is 27.7 Å². The third-order valence-electron chi connectivity index (χ3n) is 4.33. The van der Waals surface area contributed by atoms with Crippen LogP contribution in [0.4, 0.5) is 4.39 Å². The van der Waals surface area contributed by atoms with E-state index in [1.54, 1.807) is 0 Å². The molecule has 0 spiro atoms. The van der Waals surface area contributed by atoms with Crippen LogP contribution in [0.15, 0.2) is 60.8 Å². The van der Waals surface area contributed by atoms with Gasteiger partial charge in [-0.3, -0.25) is 4.90 Å². The van der Waals surface area contributed by atoms with Crippen LogP contribution in [0, 0.1) is 0 Å². The fourth-order valence-electron chi connectivity index (χ4n) is 3.17. The Morgan fingerprint density at radius 1 is 1.12 bits per heavy atom. The first-order chi connectivity index (χ1) is 12.7. The number of aliphatic hydroxyl groups excluding tert-OH is 1. The van der Waals surface area contributed by atoms with Crippen molar-refractivity contribution in [1.29, 1.82) is 0 Å². The van der Waals surface area contributed by atoms with Crippen LogP contribution >= 0.6 is 0 Å². The fourth-order valence-corrected chi connectivity index (χ4v) is 3.17. The van der Waals surface area contributed by atoms with E-state index in [0.717, 1.165) is 17.6 Å². The summed E-state index contributed by atoms with van der Waals surface area (Å²) in [6.45, 7) is 1.46. The second-order valence-corrected chi connectivity index (χ2v) is 6.56. The number of fused-ring (bicyclic) bond motifs is 1. The van der Waals surface area contributed by atoms with Crippen LogP contribution in [0.1, 0.15) is 5.56 Å². The van der Waals surface area contributed by atoms with Crippen LogP contribution in [-0.4, -0.2) is 47.6 Å². The normalized spacial score (nSPS) is 12.6. The zero-order chi connectivity index (χ0) is 18.4. The lowest BCUT2D eigenvalue weighted by atomic mass is 10.2. The minimum absolute atomic E-state index is 0.0829. The Hall–Kier alpha value is -2.37. The van der Waals surface area contributed by atoms with Crippen molar-refractivity contribution in [3.63, 3.8) is 0 Å². The summed E-state index contributed by atoms with van der Waals surface area (Å²) in [4.78, 5) is 2.09. The number of benzene rings is 2. The number of nitrogens with zero attached hydrogens (tertiary/aromatic N) is 2. The molecule has 0 fully saturated rings. The van der Waals surface area contributed by atoms with Crippen molar-refractivity contribution in [1.82, 2.24) is 9.47 Å². The predicted molar refractivity (Wildman–Crippen MR) is 102 cm³/mol. The molecule has 1 unspecified atom stereocenters. The third-order valence-corrected chi connectivity index (χ3v) is 4.33. The minimum Gasteiger partial charge on any atom is -0.491 e. The van der Waals surface area contributed by atoms with Crippen LogP contribution in [-0.2, 0) is 13.1 Å². The lowest BCUT2D eigenvalue weighted by molar-refractivity contribution is 0.108. The van der Waals surface area contributed by atoms with E-state index >= 15 is 0 Å². The van der Waals surface area contributed by atoms with Gasteiger partial charge in [-0.2, -0.15) is 0 Å². The molecular formula is C21H25FN2O2. The number of para-hydroxylation sites is 1. The molecule has 1 aromatic heterocycles. The largest absolute Gasteiger partial charge is 0.491 e. The summed E-state index contributed by atoms with van der Waals surface area (Å²) >= 11 is 0. The van der Waals surface area contributed by atoms with E-state index in [1.807, 2.05) is 49.6 Å². The molecule has 1 heterocycles. The van der Waals surface area contributed by atoms with Gasteiger partial charge in [0.05, 0.1) is 6.10 Å². The number of aliphatic hydroxyl groups is 1. The molecule has 0 saturated carbocycles. The summed E-state index contributed by atoms with van der Waals surface area (Å²) in [6.07, 6.45) is 1.56. The van der Waals surface area contributed by atoms with Gasteiger partial charge in [0.25, 0.3) is 0 Å². The zero-order valence-electron chi connectivity index (χ0n) is 15.0. The van der Waals surface area contributed by atoms with Gasteiger partial charge in [0.2, 0.25) is 0 Å². The highest BCUT2D eigenvalue weighted by atomic mass is 19.1. The molecular weight excluding hydrogens is 331 g/mol. The van der Waals surface area contributed by atoms with Crippen molar-refractivity contribution in [2.45, 2.75) is 19.2 Å². The monoisotopic (exact) mass is 356 g/mol. The SMILES string of the molecule is CN(Cc1ccc(OCCF)cc1)CC(O)Cn1ccc2ccccc21. The maximum Gasteiger partial charge on any atom is 0.123 e. The molecule has 2 aromatic carbocycles. The molecule has 26 heavy (non-hydrogen) atoms. The standard InChI is InChI=1S/C21H25FN2O2/c1-23(14-17-6-8-20(9-7-17)26-13-11-22)15-19(25)16-24-12-10-18-4-2-3-5-21(18)24/h2-10,12,19,25H,11,13-16H2,1H3. The van der Waals surface area contributed by atoms with Crippen molar-refractivity contribution in [2.24, 2.45) is 0 Å². The maximum atomic E-state index is 12.1. The summed E-state index contributed by atoms with van der Waals surface area (Å²) in [5.74, 6) is 0.675. The van der Waals surface area contributed by atoms with E-state index in [0.29, 0.717) is 18.8 Å².